The molecule has 2 aromatic carbocycles. The molecular weight excluding hydrogens is 424 g/mol. The lowest BCUT2D eigenvalue weighted by atomic mass is 10.1. The van der Waals surface area contributed by atoms with Gasteiger partial charge < -0.3 is 19.5 Å². The van der Waals surface area contributed by atoms with Crippen LogP contribution in [0.2, 0.25) is 0 Å². The molecular formula is C23H20N6O4. The topological polar surface area (TPSA) is 124 Å². The van der Waals surface area contributed by atoms with Crippen molar-refractivity contribution in [1.82, 2.24) is 25.1 Å². The van der Waals surface area contributed by atoms with Gasteiger partial charge in [-0.2, -0.15) is 9.78 Å². The number of hydrogen-bond donors (Lipinski definition) is 1. The molecule has 0 aliphatic carbocycles. The van der Waals surface area contributed by atoms with Gasteiger partial charge in [0.25, 0.3) is 5.91 Å². The minimum absolute atomic E-state index is 0.204. The second kappa shape index (κ2) is 9.65. The molecule has 0 radical (unpaired) electrons. The predicted octanol–water partition coefficient (Wildman–Crippen LogP) is 2.49. The SMILES string of the molecule is COc1ccc(-c2nnc3ccc(OCCNC(=O)c4cccc(C#N)c4)nn23)cc1OC. The Hall–Kier alpha value is -4.65. The van der Waals surface area contributed by atoms with Crippen LogP contribution in [-0.4, -0.2) is 53.1 Å². The molecule has 0 fully saturated rings. The van der Waals surface area contributed by atoms with Crippen LogP contribution in [0.1, 0.15) is 15.9 Å². The molecule has 166 valence electrons. The molecule has 2 aromatic heterocycles. The predicted molar refractivity (Wildman–Crippen MR) is 118 cm³/mol. The molecule has 1 N–H and O–H groups in total. The number of nitrogens with one attached hydrogen (secondary N) is 1. The van der Waals surface area contributed by atoms with Crippen molar-refractivity contribution in [2.45, 2.75) is 0 Å². The highest BCUT2D eigenvalue weighted by molar-refractivity contribution is 5.94. The number of ether oxygens (including phenoxy) is 3. The lowest BCUT2D eigenvalue weighted by Gasteiger charge is -2.09. The summed E-state index contributed by atoms with van der Waals surface area (Å²) in [4.78, 5) is 12.2. The molecule has 1 amide bonds. The van der Waals surface area contributed by atoms with Crippen molar-refractivity contribution in [2.75, 3.05) is 27.4 Å². The van der Waals surface area contributed by atoms with Gasteiger partial charge in [-0.3, -0.25) is 4.79 Å². The second-order valence-electron chi connectivity index (χ2n) is 6.83. The van der Waals surface area contributed by atoms with E-state index in [-0.39, 0.29) is 19.1 Å². The minimum atomic E-state index is -0.284. The molecule has 0 aliphatic heterocycles. The van der Waals surface area contributed by atoms with Gasteiger partial charge in [-0.05, 0) is 42.5 Å². The Bertz CT molecular complexity index is 1340. The fourth-order valence-corrected chi connectivity index (χ4v) is 3.16. The van der Waals surface area contributed by atoms with E-state index in [1.807, 2.05) is 12.1 Å². The van der Waals surface area contributed by atoms with Gasteiger partial charge in [-0.15, -0.1) is 15.3 Å². The molecule has 33 heavy (non-hydrogen) atoms. The Morgan fingerprint density at radius 1 is 1.06 bits per heavy atom. The molecule has 0 saturated carbocycles. The minimum Gasteiger partial charge on any atom is -0.493 e. The average Bonchev–Trinajstić information content (AvgIpc) is 3.29. The van der Waals surface area contributed by atoms with Gasteiger partial charge in [0.15, 0.2) is 23.0 Å². The number of benzene rings is 2. The Labute approximate surface area is 189 Å². The number of nitrogens with zero attached hydrogens (tertiary/aromatic N) is 5. The monoisotopic (exact) mass is 444 g/mol. The van der Waals surface area contributed by atoms with E-state index >= 15 is 0 Å². The van der Waals surface area contributed by atoms with Crippen molar-refractivity contribution in [3.8, 4) is 34.8 Å². The highest BCUT2D eigenvalue weighted by atomic mass is 16.5. The van der Waals surface area contributed by atoms with Crippen LogP contribution < -0.4 is 19.5 Å². The number of carbonyl (C=O) groups is 1. The number of carbonyl (C=O) groups excluding carboxylic acids is 1. The van der Waals surface area contributed by atoms with Crippen molar-refractivity contribution in [3.63, 3.8) is 0 Å². The number of aromatic nitrogens is 4. The maximum absolute atomic E-state index is 12.2. The number of hydrogen-bond acceptors (Lipinski definition) is 8. The first-order chi connectivity index (χ1) is 16.1. The highest BCUT2D eigenvalue weighted by Crippen LogP contribution is 2.31. The Kier molecular flexibility index (Phi) is 6.31. The molecule has 0 bridgehead atoms. The lowest BCUT2D eigenvalue weighted by molar-refractivity contribution is 0.0946. The zero-order chi connectivity index (χ0) is 23.2. The first-order valence-electron chi connectivity index (χ1n) is 9.99. The standard InChI is InChI=1S/C23H20N6O4/c1-31-18-7-6-16(13-19(18)32-2)22-27-26-20-8-9-21(28-29(20)22)33-11-10-25-23(30)17-5-3-4-15(12-17)14-24/h3-9,12-13H,10-11H2,1-2H3,(H,25,30). The summed E-state index contributed by atoms with van der Waals surface area (Å²) in [5, 5.41) is 24.5. The van der Waals surface area contributed by atoms with E-state index in [1.54, 1.807) is 61.2 Å². The third-order valence-electron chi connectivity index (χ3n) is 4.77. The molecule has 4 aromatic rings. The fourth-order valence-electron chi connectivity index (χ4n) is 3.16. The van der Waals surface area contributed by atoms with Crippen molar-refractivity contribution in [1.29, 1.82) is 5.26 Å². The fraction of sp³-hybridized carbons (Fsp3) is 0.174. The van der Waals surface area contributed by atoms with E-state index in [1.165, 1.54) is 6.07 Å². The van der Waals surface area contributed by atoms with Gasteiger partial charge >= 0.3 is 0 Å². The summed E-state index contributed by atoms with van der Waals surface area (Å²) in [5.41, 5.74) is 2.14. The van der Waals surface area contributed by atoms with E-state index in [9.17, 15) is 4.79 Å². The van der Waals surface area contributed by atoms with Gasteiger partial charge in [0, 0.05) is 17.2 Å². The number of amides is 1. The molecule has 0 saturated heterocycles. The summed E-state index contributed by atoms with van der Waals surface area (Å²) in [6.07, 6.45) is 0. The van der Waals surface area contributed by atoms with E-state index in [0.29, 0.717) is 40.0 Å². The maximum Gasteiger partial charge on any atom is 0.251 e. The zero-order valence-electron chi connectivity index (χ0n) is 18.0. The smallest absolute Gasteiger partial charge is 0.251 e. The quantitative estimate of drug-likeness (QED) is 0.411. The summed E-state index contributed by atoms with van der Waals surface area (Å²) >= 11 is 0. The third-order valence-corrected chi connectivity index (χ3v) is 4.77. The van der Waals surface area contributed by atoms with Crippen LogP contribution in [0.4, 0.5) is 0 Å². The van der Waals surface area contributed by atoms with Crippen LogP contribution in [-0.2, 0) is 0 Å². The molecule has 4 rings (SSSR count). The van der Waals surface area contributed by atoms with Crippen molar-refractivity contribution in [3.05, 3.63) is 65.7 Å². The highest BCUT2D eigenvalue weighted by Gasteiger charge is 2.14. The Morgan fingerprint density at radius 2 is 1.91 bits per heavy atom. The van der Waals surface area contributed by atoms with E-state index in [0.717, 1.165) is 5.56 Å². The Morgan fingerprint density at radius 3 is 2.70 bits per heavy atom. The van der Waals surface area contributed by atoms with Gasteiger partial charge in [0.05, 0.1) is 32.4 Å². The summed E-state index contributed by atoms with van der Waals surface area (Å²) in [5.74, 6) is 1.75. The number of nitriles is 1. The van der Waals surface area contributed by atoms with E-state index in [2.05, 4.69) is 20.6 Å². The van der Waals surface area contributed by atoms with Gasteiger partial charge in [-0.25, -0.2) is 0 Å². The summed E-state index contributed by atoms with van der Waals surface area (Å²) in [6, 6.07) is 17.3. The number of methoxy groups -OCH3 is 2. The van der Waals surface area contributed by atoms with Crippen LogP contribution in [0.25, 0.3) is 17.0 Å². The molecule has 10 heteroatoms. The molecule has 0 aliphatic rings. The molecule has 0 unspecified atom stereocenters. The van der Waals surface area contributed by atoms with Gasteiger partial charge in [0.1, 0.15) is 6.61 Å². The third kappa shape index (κ3) is 4.67. The lowest BCUT2D eigenvalue weighted by Crippen LogP contribution is -2.28. The summed E-state index contributed by atoms with van der Waals surface area (Å²) < 4.78 is 17.9. The number of fused-ring (bicyclic) bond motifs is 1. The van der Waals surface area contributed by atoms with Crippen molar-refractivity contribution < 1.29 is 19.0 Å². The van der Waals surface area contributed by atoms with Crippen LogP contribution in [0.5, 0.6) is 17.4 Å². The normalized spacial score (nSPS) is 10.5. The molecule has 0 atom stereocenters. The van der Waals surface area contributed by atoms with E-state index < -0.39 is 0 Å². The molecule has 2 heterocycles. The maximum atomic E-state index is 12.2. The van der Waals surface area contributed by atoms with Crippen LogP contribution in [0.3, 0.4) is 0 Å². The first-order valence-corrected chi connectivity index (χ1v) is 9.99. The molecule has 10 nitrogen and oxygen atoms in total. The molecule has 0 spiro atoms. The number of rotatable bonds is 8. The zero-order valence-corrected chi connectivity index (χ0v) is 18.0. The van der Waals surface area contributed by atoms with E-state index in [4.69, 9.17) is 19.5 Å². The Balaban J connectivity index is 1.43. The average molecular weight is 444 g/mol. The van der Waals surface area contributed by atoms with Crippen LogP contribution >= 0.6 is 0 Å². The summed E-state index contributed by atoms with van der Waals surface area (Å²) in [7, 11) is 3.13. The van der Waals surface area contributed by atoms with Crippen LogP contribution in [0, 0.1) is 11.3 Å². The summed E-state index contributed by atoms with van der Waals surface area (Å²) in [6.45, 7) is 0.468. The van der Waals surface area contributed by atoms with Crippen molar-refractivity contribution in [2.24, 2.45) is 0 Å². The first kappa shape index (κ1) is 21.6. The second-order valence-corrected chi connectivity index (χ2v) is 6.83. The van der Waals surface area contributed by atoms with Gasteiger partial charge in [-0.1, -0.05) is 6.07 Å². The largest absolute Gasteiger partial charge is 0.493 e. The van der Waals surface area contributed by atoms with Gasteiger partial charge in [0.2, 0.25) is 5.88 Å². The van der Waals surface area contributed by atoms with Crippen molar-refractivity contribution >= 4 is 11.6 Å². The van der Waals surface area contributed by atoms with Crippen LogP contribution in [0.15, 0.2) is 54.6 Å².